The highest BCUT2D eigenvalue weighted by molar-refractivity contribution is 8.19. The van der Waals surface area contributed by atoms with Crippen molar-refractivity contribution in [3.05, 3.63) is 82.2 Å². The van der Waals surface area contributed by atoms with Crippen molar-refractivity contribution in [3.63, 3.8) is 0 Å². The predicted molar refractivity (Wildman–Crippen MR) is 140 cm³/mol. The van der Waals surface area contributed by atoms with Crippen LogP contribution >= 0.6 is 23.5 Å². The van der Waals surface area contributed by atoms with Crippen LogP contribution in [0, 0.1) is 27.7 Å². The number of rotatable bonds is 7. The predicted octanol–water partition coefficient (Wildman–Crippen LogP) is 5.72. The second-order valence-corrected chi connectivity index (χ2v) is 10.9. The maximum Gasteiger partial charge on any atom is 0.277 e. The maximum absolute atomic E-state index is 12.2. The van der Waals surface area contributed by atoms with Crippen LogP contribution in [0.1, 0.15) is 38.2 Å². The average Bonchev–Trinajstić information content (AvgIpc) is 3.42. The van der Waals surface area contributed by atoms with Crippen molar-refractivity contribution in [2.45, 2.75) is 32.3 Å². The number of thioether (sulfide) groups is 2. The zero-order valence-electron chi connectivity index (χ0n) is 19.4. The fraction of sp³-hybridized carbons (Fsp3) is 0.308. The van der Waals surface area contributed by atoms with Gasteiger partial charge in [-0.2, -0.15) is 5.10 Å². The van der Waals surface area contributed by atoms with Crippen molar-refractivity contribution in [2.24, 2.45) is 5.10 Å². The summed E-state index contributed by atoms with van der Waals surface area (Å²) in [6, 6.07) is 16.5. The highest BCUT2D eigenvalue weighted by Crippen LogP contribution is 2.45. The number of carbonyl (C=O) groups is 1. The number of nitrogens with one attached hydrogen (secondary N) is 1. The molecule has 0 atom stereocenters. The van der Waals surface area contributed by atoms with E-state index >= 15 is 0 Å². The number of ether oxygens (including phenoxy) is 1. The van der Waals surface area contributed by atoms with Gasteiger partial charge in [0.15, 0.2) is 6.61 Å². The summed E-state index contributed by atoms with van der Waals surface area (Å²) in [6.45, 7) is 8.28. The van der Waals surface area contributed by atoms with E-state index < -0.39 is 0 Å². The van der Waals surface area contributed by atoms with Gasteiger partial charge in [0.2, 0.25) is 0 Å². The highest BCUT2D eigenvalue weighted by atomic mass is 32.2. The Kier molecular flexibility index (Phi) is 7.50. The van der Waals surface area contributed by atoms with E-state index in [1.54, 1.807) is 6.21 Å². The molecule has 3 aromatic rings. The Hall–Kier alpha value is -2.64. The molecule has 1 saturated heterocycles. The first-order valence-corrected chi connectivity index (χ1v) is 13.1. The Balaban J connectivity index is 1.33. The van der Waals surface area contributed by atoms with Crippen molar-refractivity contribution in [1.82, 2.24) is 9.99 Å². The van der Waals surface area contributed by atoms with Gasteiger partial charge in [-0.05, 0) is 63.1 Å². The Morgan fingerprint density at radius 1 is 1.09 bits per heavy atom. The molecule has 2 heterocycles. The van der Waals surface area contributed by atoms with Crippen molar-refractivity contribution in [2.75, 3.05) is 18.1 Å². The van der Waals surface area contributed by atoms with Crippen molar-refractivity contribution in [1.29, 1.82) is 0 Å². The van der Waals surface area contributed by atoms with Gasteiger partial charge in [-0.3, -0.25) is 4.79 Å². The number of carbonyl (C=O) groups excluding carboxylic acids is 1. The molecule has 1 N–H and O–H groups in total. The van der Waals surface area contributed by atoms with E-state index in [9.17, 15) is 4.79 Å². The number of hydrogen-bond donors (Lipinski definition) is 1. The average molecular weight is 480 g/mol. The number of aromatic nitrogens is 1. The van der Waals surface area contributed by atoms with E-state index in [0.29, 0.717) is 10.3 Å². The highest BCUT2D eigenvalue weighted by Gasteiger charge is 2.18. The summed E-state index contributed by atoms with van der Waals surface area (Å²) in [4.78, 5) is 12.2. The van der Waals surface area contributed by atoms with Crippen LogP contribution in [0.5, 0.6) is 5.75 Å². The molecule has 0 unspecified atom stereocenters. The summed E-state index contributed by atoms with van der Waals surface area (Å²) in [7, 11) is 0. The molecule has 4 rings (SSSR count). The van der Waals surface area contributed by atoms with Gasteiger partial charge in [-0.15, -0.1) is 23.5 Å². The molecule has 0 bridgehead atoms. The third kappa shape index (κ3) is 5.65. The first kappa shape index (κ1) is 23.5. The van der Waals surface area contributed by atoms with Gasteiger partial charge in [0.1, 0.15) is 5.75 Å². The number of hydrazone groups is 1. The molecule has 0 radical (unpaired) electrons. The molecular weight excluding hydrogens is 450 g/mol. The minimum Gasteiger partial charge on any atom is -0.484 e. The maximum atomic E-state index is 12.2. The molecule has 1 amide bonds. The smallest absolute Gasteiger partial charge is 0.277 e. The molecule has 5 nitrogen and oxygen atoms in total. The molecule has 172 valence electrons. The molecule has 7 heteroatoms. The molecular formula is C26H29N3O2S2. The molecule has 0 saturated carbocycles. The van der Waals surface area contributed by atoms with E-state index in [0.717, 1.165) is 22.6 Å². The molecule has 0 spiro atoms. The number of benzene rings is 2. The molecule has 33 heavy (non-hydrogen) atoms. The van der Waals surface area contributed by atoms with Gasteiger partial charge in [0, 0.05) is 34.1 Å². The Bertz CT molecular complexity index is 1160. The lowest BCUT2D eigenvalue weighted by Crippen LogP contribution is -2.24. The zero-order chi connectivity index (χ0) is 23.4. The molecule has 2 aromatic carbocycles. The lowest BCUT2D eigenvalue weighted by atomic mass is 10.1. The van der Waals surface area contributed by atoms with E-state index in [4.69, 9.17) is 4.74 Å². The van der Waals surface area contributed by atoms with Crippen molar-refractivity contribution >= 4 is 35.6 Å². The normalized spacial score (nSPS) is 14.2. The fourth-order valence-electron chi connectivity index (χ4n) is 3.97. The largest absolute Gasteiger partial charge is 0.484 e. The first-order valence-electron chi connectivity index (χ1n) is 11.0. The van der Waals surface area contributed by atoms with Gasteiger partial charge < -0.3 is 9.30 Å². The van der Waals surface area contributed by atoms with E-state index in [-0.39, 0.29) is 12.5 Å². The summed E-state index contributed by atoms with van der Waals surface area (Å²) in [5.74, 6) is 2.79. The SMILES string of the molecule is Cc1ccc(-n2c(C)cc(/C=N\NC(=O)COc3ccc(C4SCCS4)cc3)c2C)c(C)c1. The van der Waals surface area contributed by atoms with Crippen LogP contribution < -0.4 is 10.2 Å². The Labute approximate surface area is 204 Å². The van der Waals surface area contributed by atoms with Crippen LogP contribution in [0.3, 0.4) is 0 Å². The molecule has 1 aliphatic rings. The standard InChI is InChI=1S/C26H29N3O2S2/c1-17-5-10-24(18(2)13-17)29-19(3)14-22(20(29)4)15-27-28-25(30)16-31-23-8-6-21(7-9-23)26-32-11-12-33-26/h5-10,13-15,26H,11-12,16H2,1-4H3,(H,28,30)/b27-15-. The lowest BCUT2D eigenvalue weighted by molar-refractivity contribution is -0.123. The summed E-state index contributed by atoms with van der Waals surface area (Å²) < 4.78 is 8.34. The van der Waals surface area contributed by atoms with Gasteiger partial charge in [0.05, 0.1) is 10.8 Å². The fourth-order valence-corrected chi connectivity index (χ4v) is 6.83. The van der Waals surface area contributed by atoms with Gasteiger partial charge in [-0.25, -0.2) is 5.43 Å². The molecule has 0 aliphatic carbocycles. The monoisotopic (exact) mass is 479 g/mol. The van der Waals surface area contributed by atoms with Crippen LogP contribution in [0.4, 0.5) is 0 Å². The topological polar surface area (TPSA) is 55.6 Å². The van der Waals surface area contributed by atoms with Crippen LogP contribution in [-0.4, -0.2) is 34.8 Å². The Morgan fingerprint density at radius 3 is 2.52 bits per heavy atom. The number of aryl methyl sites for hydroxylation is 3. The van der Waals surface area contributed by atoms with Gasteiger partial charge in [-0.1, -0.05) is 29.8 Å². The third-order valence-corrected chi connectivity index (χ3v) is 8.70. The van der Waals surface area contributed by atoms with E-state index in [2.05, 4.69) is 79.2 Å². The second kappa shape index (κ2) is 10.5. The number of nitrogens with zero attached hydrogens (tertiary/aromatic N) is 2. The van der Waals surface area contributed by atoms with Crippen LogP contribution in [0.2, 0.25) is 0 Å². The van der Waals surface area contributed by atoms with Gasteiger partial charge >= 0.3 is 0 Å². The van der Waals surface area contributed by atoms with Crippen LogP contribution in [0.25, 0.3) is 5.69 Å². The van der Waals surface area contributed by atoms with E-state index in [1.165, 1.54) is 28.2 Å². The van der Waals surface area contributed by atoms with Gasteiger partial charge in [0.25, 0.3) is 5.91 Å². The second-order valence-electron chi connectivity index (χ2n) is 8.18. The van der Waals surface area contributed by atoms with Crippen molar-refractivity contribution < 1.29 is 9.53 Å². The summed E-state index contributed by atoms with van der Waals surface area (Å²) >= 11 is 3.94. The summed E-state index contributed by atoms with van der Waals surface area (Å²) in [6.07, 6.45) is 1.69. The Morgan fingerprint density at radius 2 is 1.82 bits per heavy atom. The lowest BCUT2D eigenvalue weighted by Gasteiger charge is -2.13. The van der Waals surface area contributed by atoms with Crippen molar-refractivity contribution in [3.8, 4) is 11.4 Å². The number of amides is 1. The molecule has 1 fully saturated rings. The third-order valence-electron chi connectivity index (χ3n) is 5.60. The van der Waals surface area contributed by atoms with Crippen LogP contribution in [-0.2, 0) is 4.79 Å². The molecule has 1 aromatic heterocycles. The quantitative estimate of drug-likeness (QED) is 0.348. The number of hydrogen-bond acceptors (Lipinski definition) is 5. The minimum absolute atomic E-state index is 0.0782. The zero-order valence-corrected chi connectivity index (χ0v) is 21.1. The summed E-state index contributed by atoms with van der Waals surface area (Å²) in [5.41, 5.74) is 10.6. The van der Waals surface area contributed by atoms with E-state index in [1.807, 2.05) is 35.7 Å². The minimum atomic E-state index is -0.291. The first-order chi connectivity index (χ1) is 15.9. The summed E-state index contributed by atoms with van der Waals surface area (Å²) in [5, 5.41) is 4.14. The molecule has 1 aliphatic heterocycles. The van der Waals surface area contributed by atoms with Crippen LogP contribution in [0.15, 0.2) is 53.6 Å².